The molecule has 1 aromatic carbocycles. The van der Waals surface area contributed by atoms with Gasteiger partial charge >= 0.3 is 0 Å². The van der Waals surface area contributed by atoms with Crippen LogP contribution in [0.15, 0.2) is 40.3 Å². The van der Waals surface area contributed by atoms with E-state index >= 15 is 0 Å². The Bertz CT molecular complexity index is 582. The quantitative estimate of drug-likeness (QED) is 0.800. The molecule has 3 nitrogen and oxygen atoms in total. The van der Waals surface area contributed by atoms with Gasteiger partial charge in [0.1, 0.15) is 0 Å². The molecule has 2 rings (SSSR count). The van der Waals surface area contributed by atoms with Crippen LogP contribution >= 0.6 is 0 Å². The van der Waals surface area contributed by atoms with E-state index < -0.39 is 9.84 Å². The highest BCUT2D eigenvalue weighted by molar-refractivity contribution is 7.94. The number of aryl methyl sites for hydroxylation is 1. The Hall–Kier alpha value is -1.29. The first kappa shape index (κ1) is 16.1. The third-order valence-corrected chi connectivity index (χ3v) is 5.45. The highest BCUT2D eigenvalue weighted by atomic mass is 32.2. The number of rotatable bonds is 6. The maximum Gasteiger partial charge on any atom is 0.201 e. The van der Waals surface area contributed by atoms with E-state index in [1.54, 1.807) is 12.1 Å². The van der Waals surface area contributed by atoms with E-state index in [4.69, 9.17) is 0 Å². The van der Waals surface area contributed by atoms with E-state index in [0.29, 0.717) is 4.90 Å². The summed E-state index contributed by atoms with van der Waals surface area (Å²) in [5.41, 5.74) is 2.05. The molecule has 1 aliphatic heterocycles. The topological polar surface area (TPSA) is 37.4 Å². The summed E-state index contributed by atoms with van der Waals surface area (Å²) in [7, 11) is -3.35. The van der Waals surface area contributed by atoms with Crippen LogP contribution in [0.2, 0.25) is 0 Å². The van der Waals surface area contributed by atoms with Crippen molar-refractivity contribution in [2.75, 3.05) is 13.1 Å². The summed E-state index contributed by atoms with van der Waals surface area (Å²) in [6, 6.07) is 7.09. The summed E-state index contributed by atoms with van der Waals surface area (Å²) in [4.78, 5) is 2.63. The number of sulfone groups is 1. The second-order valence-electron chi connectivity index (χ2n) is 5.76. The predicted octanol–water partition coefficient (Wildman–Crippen LogP) is 3.90. The van der Waals surface area contributed by atoms with Crippen LogP contribution in [0.4, 0.5) is 0 Å². The van der Waals surface area contributed by atoms with Gasteiger partial charge in [-0.2, -0.15) is 0 Å². The highest BCUT2D eigenvalue weighted by Gasteiger charge is 2.19. The Labute approximate surface area is 128 Å². The fraction of sp³-hybridized carbons (Fsp3) is 0.529. The zero-order valence-corrected chi connectivity index (χ0v) is 13.8. The van der Waals surface area contributed by atoms with Crippen LogP contribution in [-0.2, 0) is 9.84 Å². The molecular formula is C17H25NO2S. The SMILES string of the molecule is CCCC/C(=C\S(=O)(=O)c1ccc(C)cc1)N1CCCC1. The average molecular weight is 307 g/mol. The van der Waals surface area contributed by atoms with Gasteiger partial charge in [-0.05, 0) is 44.7 Å². The van der Waals surface area contributed by atoms with E-state index in [9.17, 15) is 8.42 Å². The molecule has 0 aliphatic carbocycles. The summed E-state index contributed by atoms with van der Waals surface area (Å²) in [5.74, 6) is 0. The molecule has 1 heterocycles. The molecule has 0 saturated carbocycles. The van der Waals surface area contributed by atoms with Gasteiger partial charge in [0, 0.05) is 18.8 Å². The standard InChI is InChI=1S/C17H25NO2S/c1-3-4-7-16(18-12-5-6-13-18)14-21(19,20)17-10-8-15(2)9-11-17/h8-11,14H,3-7,12-13H2,1-2H3/b16-14+. The number of allylic oxidation sites excluding steroid dienone is 1. The molecule has 0 aromatic heterocycles. The monoisotopic (exact) mass is 307 g/mol. The maximum atomic E-state index is 12.6. The molecule has 1 saturated heterocycles. The summed E-state index contributed by atoms with van der Waals surface area (Å²) >= 11 is 0. The van der Waals surface area contributed by atoms with Crippen LogP contribution in [0, 0.1) is 6.92 Å². The molecule has 0 radical (unpaired) electrons. The van der Waals surface area contributed by atoms with E-state index in [1.807, 2.05) is 19.1 Å². The molecule has 4 heteroatoms. The second-order valence-corrected chi connectivity index (χ2v) is 7.56. The first-order valence-corrected chi connectivity index (χ1v) is 9.35. The van der Waals surface area contributed by atoms with Gasteiger partial charge in [-0.15, -0.1) is 0 Å². The van der Waals surface area contributed by atoms with Crippen molar-refractivity contribution in [1.29, 1.82) is 0 Å². The van der Waals surface area contributed by atoms with Crippen molar-refractivity contribution >= 4 is 9.84 Å². The predicted molar refractivity (Wildman–Crippen MR) is 86.8 cm³/mol. The molecule has 1 fully saturated rings. The zero-order valence-electron chi connectivity index (χ0n) is 13.0. The van der Waals surface area contributed by atoms with Gasteiger partial charge in [0.2, 0.25) is 9.84 Å². The van der Waals surface area contributed by atoms with Crippen molar-refractivity contribution in [3.05, 3.63) is 40.9 Å². The minimum atomic E-state index is -3.35. The third kappa shape index (κ3) is 4.34. The molecule has 21 heavy (non-hydrogen) atoms. The molecule has 0 atom stereocenters. The molecule has 1 aliphatic rings. The summed E-state index contributed by atoms with van der Waals surface area (Å²) in [6.07, 6.45) is 5.28. The van der Waals surface area contributed by atoms with Crippen LogP contribution < -0.4 is 0 Å². The van der Waals surface area contributed by atoms with E-state index in [2.05, 4.69) is 11.8 Å². The third-order valence-electron chi connectivity index (χ3n) is 3.94. The van der Waals surface area contributed by atoms with Gasteiger partial charge in [0.05, 0.1) is 10.3 Å². The van der Waals surface area contributed by atoms with Crippen molar-refractivity contribution in [2.45, 2.75) is 50.8 Å². The van der Waals surface area contributed by atoms with Gasteiger partial charge < -0.3 is 4.90 Å². The number of benzene rings is 1. The first-order valence-electron chi connectivity index (χ1n) is 7.80. The number of unbranched alkanes of at least 4 members (excludes halogenated alkanes) is 1. The van der Waals surface area contributed by atoms with Crippen LogP contribution in [0.1, 0.15) is 44.6 Å². The highest BCUT2D eigenvalue weighted by Crippen LogP contribution is 2.23. The van der Waals surface area contributed by atoms with Crippen molar-refractivity contribution in [2.24, 2.45) is 0 Å². The number of nitrogens with zero attached hydrogens (tertiary/aromatic N) is 1. The molecule has 1 aromatic rings. The van der Waals surface area contributed by atoms with E-state index in [0.717, 1.165) is 56.5 Å². The summed E-state index contributed by atoms with van der Waals surface area (Å²) < 4.78 is 25.1. The summed E-state index contributed by atoms with van der Waals surface area (Å²) in [5, 5.41) is 1.50. The Balaban J connectivity index is 2.27. The van der Waals surface area contributed by atoms with Crippen LogP contribution in [-0.4, -0.2) is 26.4 Å². The minimum Gasteiger partial charge on any atom is -0.374 e. The lowest BCUT2D eigenvalue weighted by atomic mass is 10.2. The maximum absolute atomic E-state index is 12.6. The number of hydrogen-bond donors (Lipinski definition) is 0. The van der Waals surface area contributed by atoms with Gasteiger partial charge in [0.15, 0.2) is 0 Å². The summed E-state index contributed by atoms with van der Waals surface area (Å²) in [6.45, 7) is 6.07. The number of hydrogen-bond acceptors (Lipinski definition) is 3. The lowest BCUT2D eigenvalue weighted by molar-refractivity contribution is 0.405. The molecule has 116 valence electrons. The van der Waals surface area contributed by atoms with E-state index in [-0.39, 0.29) is 0 Å². The molecule has 0 unspecified atom stereocenters. The molecular weight excluding hydrogens is 282 g/mol. The fourth-order valence-corrected chi connectivity index (χ4v) is 3.91. The smallest absolute Gasteiger partial charge is 0.201 e. The molecule has 0 amide bonds. The van der Waals surface area contributed by atoms with Gasteiger partial charge in [-0.1, -0.05) is 31.0 Å². The van der Waals surface area contributed by atoms with Gasteiger partial charge in [-0.3, -0.25) is 0 Å². The Kier molecular flexibility index (Phi) is 5.45. The van der Waals surface area contributed by atoms with Crippen LogP contribution in [0.25, 0.3) is 0 Å². The average Bonchev–Trinajstić information content (AvgIpc) is 2.98. The Morgan fingerprint density at radius 2 is 1.81 bits per heavy atom. The molecule has 0 spiro atoms. The van der Waals surface area contributed by atoms with Crippen molar-refractivity contribution < 1.29 is 8.42 Å². The second kappa shape index (κ2) is 7.12. The van der Waals surface area contributed by atoms with Crippen LogP contribution in [0.3, 0.4) is 0 Å². The van der Waals surface area contributed by atoms with Crippen molar-refractivity contribution in [3.8, 4) is 0 Å². The van der Waals surface area contributed by atoms with E-state index in [1.165, 1.54) is 5.41 Å². The minimum absolute atomic E-state index is 0.390. The molecule has 0 N–H and O–H groups in total. The van der Waals surface area contributed by atoms with Crippen molar-refractivity contribution in [3.63, 3.8) is 0 Å². The fourth-order valence-electron chi connectivity index (χ4n) is 2.63. The zero-order chi connectivity index (χ0) is 15.3. The Morgan fingerprint density at radius 3 is 2.38 bits per heavy atom. The largest absolute Gasteiger partial charge is 0.374 e. The molecule has 0 bridgehead atoms. The Morgan fingerprint density at radius 1 is 1.19 bits per heavy atom. The normalized spacial score (nSPS) is 16.5. The van der Waals surface area contributed by atoms with Gasteiger partial charge in [-0.25, -0.2) is 8.42 Å². The van der Waals surface area contributed by atoms with Crippen molar-refractivity contribution in [1.82, 2.24) is 4.90 Å². The lowest BCUT2D eigenvalue weighted by Crippen LogP contribution is -2.19. The number of likely N-dealkylation sites (tertiary alicyclic amines) is 1. The van der Waals surface area contributed by atoms with Crippen LogP contribution in [0.5, 0.6) is 0 Å². The lowest BCUT2D eigenvalue weighted by Gasteiger charge is -2.21. The van der Waals surface area contributed by atoms with Gasteiger partial charge in [0.25, 0.3) is 0 Å². The first-order chi connectivity index (χ1) is 10.0.